The van der Waals surface area contributed by atoms with Crippen molar-refractivity contribution in [3.8, 4) is 11.5 Å². The number of carbonyl (C=O) groups is 1. The standard InChI is InChI=1S/C17H18ClN7O2/c1-8(2)14-24-16(27-25-14)11-7-21-17(23-13(11)19)22-9-4-5-10(12(18)6-9)15(26)20-3/h4-8H,1-3H3,(H,20,26)(H3,19,21,22,23). The van der Waals surface area contributed by atoms with Gasteiger partial charge in [0.05, 0.1) is 10.6 Å². The van der Waals surface area contributed by atoms with E-state index in [2.05, 4.69) is 30.7 Å². The molecule has 0 saturated heterocycles. The molecule has 1 aromatic carbocycles. The van der Waals surface area contributed by atoms with E-state index in [0.29, 0.717) is 27.7 Å². The minimum atomic E-state index is -0.267. The number of anilines is 3. The molecule has 0 fully saturated rings. The van der Waals surface area contributed by atoms with Crippen LogP contribution in [0, 0.1) is 0 Å². The van der Waals surface area contributed by atoms with Gasteiger partial charge in [0.15, 0.2) is 5.82 Å². The molecular weight excluding hydrogens is 370 g/mol. The second-order valence-electron chi connectivity index (χ2n) is 6.00. The Kier molecular flexibility index (Phi) is 5.22. The number of halogens is 1. The third-order valence-electron chi connectivity index (χ3n) is 3.70. The van der Waals surface area contributed by atoms with Crippen LogP contribution in [0.25, 0.3) is 11.5 Å². The molecule has 0 bridgehead atoms. The van der Waals surface area contributed by atoms with Gasteiger partial charge in [-0.1, -0.05) is 30.6 Å². The summed E-state index contributed by atoms with van der Waals surface area (Å²) < 4.78 is 5.22. The molecule has 0 unspecified atom stereocenters. The van der Waals surface area contributed by atoms with Gasteiger partial charge in [0.2, 0.25) is 5.95 Å². The van der Waals surface area contributed by atoms with E-state index in [1.807, 2.05) is 13.8 Å². The Hall–Kier alpha value is -3.20. The van der Waals surface area contributed by atoms with Crippen molar-refractivity contribution in [2.75, 3.05) is 18.1 Å². The highest BCUT2D eigenvalue weighted by molar-refractivity contribution is 6.34. The molecule has 2 heterocycles. The van der Waals surface area contributed by atoms with Crippen LogP contribution in [-0.2, 0) is 0 Å². The van der Waals surface area contributed by atoms with E-state index in [1.54, 1.807) is 18.2 Å². The Morgan fingerprint density at radius 1 is 1.30 bits per heavy atom. The van der Waals surface area contributed by atoms with Crippen LogP contribution in [-0.4, -0.2) is 33.1 Å². The highest BCUT2D eigenvalue weighted by Crippen LogP contribution is 2.26. The number of carbonyl (C=O) groups excluding carboxylic acids is 1. The molecule has 1 amide bonds. The number of aromatic nitrogens is 4. The number of hydrogen-bond acceptors (Lipinski definition) is 8. The average Bonchev–Trinajstić information content (AvgIpc) is 3.11. The van der Waals surface area contributed by atoms with E-state index in [0.717, 1.165) is 0 Å². The van der Waals surface area contributed by atoms with Crippen LogP contribution in [0.2, 0.25) is 5.02 Å². The maximum Gasteiger partial charge on any atom is 0.263 e. The molecule has 9 nitrogen and oxygen atoms in total. The first-order valence-electron chi connectivity index (χ1n) is 8.14. The zero-order valence-corrected chi connectivity index (χ0v) is 15.7. The first-order chi connectivity index (χ1) is 12.9. The maximum atomic E-state index is 11.7. The van der Waals surface area contributed by atoms with Gasteiger partial charge in [0, 0.05) is 24.8 Å². The number of nitrogens with one attached hydrogen (secondary N) is 2. The Labute approximate surface area is 160 Å². The predicted octanol–water partition coefficient (Wildman–Crippen LogP) is 2.99. The van der Waals surface area contributed by atoms with E-state index in [4.69, 9.17) is 21.9 Å². The number of rotatable bonds is 5. The molecule has 2 aromatic heterocycles. The molecule has 0 aliphatic rings. The summed E-state index contributed by atoms with van der Waals surface area (Å²) in [5.74, 6) is 1.17. The van der Waals surface area contributed by atoms with Crippen LogP contribution >= 0.6 is 11.6 Å². The lowest BCUT2D eigenvalue weighted by molar-refractivity contribution is 0.0963. The number of amides is 1. The summed E-state index contributed by atoms with van der Waals surface area (Å²) in [6.45, 7) is 3.92. The van der Waals surface area contributed by atoms with Crippen molar-refractivity contribution < 1.29 is 9.32 Å². The molecule has 140 valence electrons. The summed E-state index contributed by atoms with van der Waals surface area (Å²) in [6, 6.07) is 4.90. The molecule has 3 rings (SSSR count). The number of nitrogens with zero attached hydrogens (tertiary/aromatic N) is 4. The molecule has 3 aromatic rings. The summed E-state index contributed by atoms with van der Waals surface area (Å²) in [7, 11) is 1.54. The van der Waals surface area contributed by atoms with Gasteiger partial charge in [-0.25, -0.2) is 4.98 Å². The summed E-state index contributed by atoms with van der Waals surface area (Å²) in [4.78, 5) is 24.4. The van der Waals surface area contributed by atoms with Gasteiger partial charge in [-0.15, -0.1) is 0 Å². The zero-order valence-electron chi connectivity index (χ0n) is 14.9. The maximum absolute atomic E-state index is 11.7. The number of benzene rings is 1. The van der Waals surface area contributed by atoms with Crippen LogP contribution < -0.4 is 16.4 Å². The number of nitrogen functional groups attached to an aromatic ring is 1. The van der Waals surface area contributed by atoms with Crippen LogP contribution in [0.4, 0.5) is 17.5 Å². The smallest absolute Gasteiger partial charge is 0.263 e. The normalized spacial score (nSPS) is 10.9. The van der Waals surface area contributed by atoms with Gasteiger partial charge < -0.3 is 20.9 Å². The molecule has 10 heteroatoms. The highest BCUT2D eigenvalue weighted by Gasteiger charge is 2.16. The largest absolute Gasteiger partial charge is 0.383 e. The third kappa shape index (κ3) is 3.98. The topological polar surface area (TPSA) is 132 Å². The SMILES string of the molecule is CNC(=O)c1ccc(Nc2ncc(-c3nc(C(C)C)no3)c(N)n2)cc1Cl. The van der Waals surface area contributed by atoms with Gasteiger partial charge in [-0.2, -0.15) is 9.97 Å². The van der Waals surface area contributed by atoms with Crippen molar-refractivity contribution >= 4 is 35.0 Å². The summed E-state index contributed by atoms with van der Waals surface area (Å²) >= 11 is 6.14. The zero-order chi connectivity index (χ0) is 19.6. The molecule has 0 spiro atoms. The Morgan fingerprint density at radius 3 is 2.67 bits per heavy atom. The lowest BCUT2D eigenvalue weighted by Gasteiger charge is -2.09. The van der Waals surface area contributed by atoms with Gasteiger partial charge in [-0.05, 0) is 18.2 Å². The molecular formula is C17H18ClN7O2. The third-order valence-corrected chi connectivity index (χ3v) is 4.02. The fourth-order valence-corrected chi connectivity index (χ4v) is 2.51. The van der Waals surface area contributed by atoms with E-state index < -0.39 is 0 Å². The van der Waals surface area contributed by atoms with Crippen LogP contribution in [0.3, 0.4) is 0 Å². The molecule has 0 radical (unpaired) electrons. The molecule has 27 heavy (non-hydrogen) atoms. The van der Waals surface area contributed by atoms with E-state index in [-0.39, 0.29) is 29.5 Å². The minimum Gasteiger partial charge on any atom is -0.383 e. The van der Waals surface area contributed by atoms with Gasteiger partial charge in [0.1, 0.15) is 11.4 Å². The molecule has 0 aliphatic carbocycles. The van der Waals surface area contributed by atoms with Crippen molar-refractivity contribution in [1.29, 1.82) is 0 Å². The van der Waals surface area contributed by atoms with Crippen molar-refractivity contribution in [2.45, 2.75) is 19.8 Å². The predicted molar refractivity (Wildman–Crippen MR) is 102 cm³/mol. The van der Waals surface area contributed by atoms with Crippen LogP contribution in [0.1, 0.15) is 35.9 Å². The van der Waals surface area contributed by atoms with E-state index in [1.165, 1.54) is 13.2 Å². The summed E-state index contributed by atoms with van der Waals surface area (Å²) in [5.41, 5.74) is 7.44. The molecule has 0 saturated carbocycles. The second kappa shape index (κ2) is 7.58. The summed E-state index contributed by atoms with van der Waals surface area (Å²) in [5, 5.41) is 9.72. The Morgan fingerprint density at radius 2 is 2.07 bits per heavy atom. The van der Waals surface area contributed by atoms with Crippen molar-refractivity contribution in [3.05, 3.63) is 40.8 Å². The molecule has 0 aliphatic heterocycles. The monoisotopic (exact) mass is 387 g/mol. The van der Waals surface area contributed by atoms with Gasteiger partial charge >= 0.3 is 0 Å². The first kappa shape index (κ1) is 18.6. The fraction of sp³-hybridized carbons (Fsp3) is 0.235. The lowest BCUT2D eigenvalue weighted by Crippen LogP contribution is -2.18. The molecule has 4 N–H and O–H groups in total. The Balaban J connectivity index is 1.81. The van der Waals surface area contributed by atoms with Crippen LogP contribution in [0.5, 0.6) is 0 Å². The Bertz CT molecular complexity index is 987. The number of nitrogens with two attached hydrogens (primary N) is 1. The average molecular weight is 388 g/mol. The van der Waals surface area contributed by atoms with Gasteiger partial charge in [0.25, 0.3) is 11.8 Å². The van der Waals surface area contributed by atoms with Crippen molar-refractivity contribution in [3.63, 3.8) is 0 Å². The molecule has 0 atom stereocenters. The minimum absolute atomic E-state index is 0.132. The lowest BCUT2D eigenvalue weighted by atomic mass is 10.2. The second-order valence-corrected chi connectivity index (χ2v) is 6.41. The van der Waals surface area contributed by atoms with Crippen molar-refractivity contribution in [2.24, 2.45) is 0 Å². The highest BCUT2D eigenvalue weighted by atomic mass is 35.5. The van der Waals surface area contributed by atoms with Gasteiger partial charge in [-0.3, -0.25) is 4.79 Å². The quantitative estimate of drug-likeness (QED) is 0.608. The van der Waals surface area contributed by atoms with E-state index >= 15 is 0 Å². The van der Waals surface area contributed by atoms with E-state index in [9.17, 15) is 4.79 Å². The van der Waals surface area contributed by atoms with Crippen LogP contribution in [0.15, 0.2) is 28.9 Å². The first-order valence-corrected chi connectivity index (χ1v) is 8.52. The van der Waals surface area contributed by atoms with Crippen molar-refractivity contribution in [1.82, 2.24) is 25.4 Å². The summed E-state index contributed by atoms with van der Waals surface area (Å²) in [6.07, 6.45) is 1.50. The number of hydrogen-bond donors (Lipinski definition) is 3. The fourth-order valence-electron chi connectivity index (χ4n) is 2.24.